The van der Waals surface area contributed by atoms with Crippen molar-refractivity contribution in [1.29, 1.82) is 0 Å². The fourth-order valence-electron chi connectivity index (χ4n) is 3.68. The summed E-state index contributed by atoms with van der Waals surface area (Å²) in [6.45, 7) is 0. The van der Waals surface area contributed by atoms with E-state index in [-0.39, 0.29) is 19.0 Å². The second-order valence-corrected chi connectivity index (χ2v) is 10.7. The first-order chi connectivity index (χ1) is 15.2. The van der Waals surface area contributed by atoms with Gasteiger partial charge in [0.1, 0.15) is 0 Å². The molecule has 3 nitrogen and oxygen atoms in total. The zero-order valence-corrected chi connectivity index (χ0v) is 20.2. The molecule has 2 N–H and O–H groups in total. The van der Waals surface area contributed by atoms with Crippen LogP contribution in [0.1, 0.15) is 116 Å². The van der Waals surface area contributed by atoms with E-state index >= 15 is 0 Å². The molecule has 0 radical (unpaired) electrons. The van der Waals surface area contributed by atoms with E-state index in [1.54, 1.807) is 0 Å². The van der Waals surface area contributed by atoms with E-state index in [4.69, 9.17) is 9.79 Å². The summed E-state index contributed by atoms with van der Waals surface area (Å²) in [6.07, 6.45) is 6.79. The smallest absolute Gasteiger partial charge is 0.324 e. The second-order valence-electron chi connectivity index (χ2n) is 8.93. The topological polar surface area (TPSA) is 57.5 Å². The van der Waals surface area contributed by atoms with Crippen LogP contribution in [0.4, 0.5) is 30.7 Å². The normalized spacial score (nSPS) is 13.6. The van der Waals surface area contributed by atoms with Gasteiger partial charge in [-0.05, 0) is 12.8 Å². The summed E-state index contributed by atoms with van der Waals surface area (Å²) in [6, 6.07) is 0. The molecule has 11 heteroatoms. The minimum absolute atomic E-state index is 0.0290. The molecule has 0 aromatic rings. The highest BCUT2D eigenvalue weighted by Crippen LogP contribution is 2.48. The van der Waals surface area contributed by atoms with Gasteiger partial charge in [-0.25, -0.2) is 0 Å². The molecule has 0 rings (SSSR count). The van der Waals surface area contributed by atoms with Crippen LogP contribution in [-0.4, -0.2) is 34.0 Å². The van der Waals surface area contributed by atoms with Crippen molar-refractivity contribution in [1.82, 2.24) is 0 Å². The average molecular weight is 517 g/mol. The van der Waals surface area contributed by atoms with Crippen molar-refractivity contribution in [3.05, 3.63) is 0 Å². The van der Waals surface area contributed by atoms with Gasteiger partial charge >= 0.3 is 25.6 Å². The molecule has 0 unspecified atom stereocenters. The molecule has 0 fully saturated rings. The zero-order chi connectivity index (χ0) is 25.4. The molecule has 33 heavy (non-hydrogen) atoms. The Kier molecular flexibility index (Phi) is 16.2. The van der Waals surface area contributed by atoms with E-state index in [1.165, 1.54) is 6.42 Å². The molecule has 0 bridgehead atoms. The van der Waals surface area contributed by atoms with E-state index in [0.717, 1.165) is 77.0 Å². The summed E-state index contributed by atoms with van der Waals surface area (Å²) in [5, 5.41) is 0. The molecule has 0 saturated heterocycles. The molecule has 0 aliphatic carbocycles. The van der Waals surface area contributed by atoms with Crippen LogP contribution in [0.3, 0.4) is 0 Å². The number of alkyl halides is 7. The van der Waals surface area contributed by atoms with Crippen LogP contribution in [0.15, 0.2) is 0 Å². The number of halogens is 7. The summed E-state index contributed by atoms with van der Waals surface area (Å²) in [5.41, 5.74) is 0. The van der Waals surface area contributed by atoms with Crippen LogP contribution >= 0.6 is 7.60 Å². The quantitative estimate of drug-likeness (QED) is 0.0909. The number of hydrogen-bond acceptors (Lipinski definition) is 1. The van der Waals surface area contributed by atoms with Crippen molar-refractivity contribution in [2.45, 2.75) is 134 Å². The lowest BCUT2D eigenvalue weighted by atomic mass is 10.0. The van der Waals surface area contributed by atoms with E-state index in [1.807, 2.05) is 0 Å². The zero-order valence-electron chi connectivity index (χ0n) is 19.3. The van der Waals surface area contributed by atoms with Gasteiger partial charge in [0, 0.05) is 12.6 Å². The molecule has 0 atom stereocenters. The third kappa shape index (κ3) is 16.0. The Hall–Kier alpha value is -0.340. The Morgan fingerprint density at radius 1 is 0.485 bits per heavy atom. The minimum atomic E-state index is -6.24. The molecule has 0 spiro atoms. The summed E-state index contributed by atoms with van der Waals surface area (Å²) < 4.78 is 98.7. The molecule has 0 saturated carbocycles. The molecular formula is C22H40F7O3P. The maximum Gasteiger partial charge on any atom is 0.459 e. The van der Waals surface area contributed by atoms with Crippen LogP contribution < -0.4 is 0 Å². The Bertz CT molecular complexity index is 537. The highest BCUT2D eigenvalue weighted by Gasteiger charge is 2.72. The molecule has 200 valence electrons. The van der Waals surface area contributed by atoms with Crippen molar-refractivity contribution in [2.24, 2.45) is 0 Å². The van der Waals surface area contributed by atoms with Crippen LogP contribution in [0.5, 0.6) is 0 Å². The van der Waals surface area contributed by atoms with Crippen LogP contribution in [-0.2, 0) is 4.57 Å². The highest BCUT2D eigenvalue weighted by molar-refractivity contribution is 7.51. The van der Waals surface area contributed by atoms with E-state index in [0.29, 0.717) is 12.8 Å². The average Bonchev–Trinajstić information content (AvgIpc) is 2.67. The van der Waals surface area contributed by atoms with Gasteiger partial charge in [-0.1, -0.05) is 96.3 Å². The van der Waals surface area contributed by atoms with Crippen LogP contribution in [0, 0.1) is 0 Å². The summed E-state index contributed by atoms with van der Waals surface area (Å²) >= 11 is 0. The minimum Gasteiger partial charge on any atom is -0.324 e. The lowest BCUT2D eigenvalue weighted by Crippen LogP contribution is -2.51. The van der Waals surface area contributed by atoms with Gasteiger partial charge in [0.2, 0.25) is 0 Å². The molecule has 0 aromatic carbocycles. The maximum atomic E-state index is 13.1. The van der Waals surface area contributed by atoms with Crippen molar-refractivity contribution in [2.75, 3.05) is 6.16 Å². The Morgan fingerprint density at radius 3 is 1.03 bits per heavy atom. The molecule has 0 aliphatic heterocycles. The summed E-state index contributed by atoms with van der Waals surface area (Å²) in [7, 11) is -3.85. The number of rotatable bonds is 21. The van der Waals surface area contributed by atoms with Gasteiger partial charge in [0.25, 0.3) is 0 Å². The number of hydrogen-bond donors (Lipinski definition) is 2. The highest BCUT2D eigenvalue weighted by atomic mass is 31.2. The summed E-state index contributed by atoms with van der Waals surface area (Å²) in [4.78, 5) is 17.5. The first-order valence-electron chi connectivity index (χ1n) is 12.1. The standard InChI is InChI=1S/C22H40F7O3P/c23-20(24,21(25,26)22(27,28)29)18-16-14-12-10-8-6-4-2-1-3-5-7-9-11-13-15-17-19-33(30,31)32/h1-19H2,(H2,30,31,32). The van der Waals surface area contributed by atoms with Gasteiger partial charge < -0.3 is 9.79 Å². The Morgan fingerprint density at radius 2 is 0.758 bits per heavy atom. The van der Waals surface area contributed by atoms with E-state index < -0.39 is 32.0 Å². The molecule has 0 heterocycles. The predicted octanol–water partition coefficient (Wildman–Crippen LogP) is 9.02. The Labute approximate surface area is 193 Å². The van der Waals surface area contributed by atoms with Crippen molar-refractivity contribution in [3.63, 3.8) is 0 Å². The van der Waals surface area contributed by atoms with Gasteiger partial charge in [-0.2, -0.15) is 30.7 Å². The number of unbranched alkanes of at least 4 members (excludes halogenated alkanes) is 16. The first kappa shape index (κ1) is 32.7. The van der Waals surface area contributed by atoms with Gasteiger partial charge in [0.05, 0.1) is 0 Å². The first-order valence-corrected chi connectivity index (χ1v) is 13.9. The van der Waals surface area contributed by atoms with Gasteiger partial charge in [-0.3, -0.25) is 4.57 Å². The molecular weight excluding hydrogens is 476 g/mol. The summed E-state index contributed by atoms with van der Waals surface area (Å²) in [5.74, 6) is -11.1. The molecule has 0 amide bonds. The van der Waals surface area contributed by atoms with Crippen molar-refractivity contribution < 1.29 is 45.1 Å². The van der Waals surface area contributed by atoms with E-state index in [2.05, 4.69) is 0 Å². The molecule has 0 aliphatic rings. The lowest BCUT2D eigenvalue weighted by Gasteiger charge is -2.28. The fraction of sp³-hybridized carbons (Fsp3) is 1.00. The SMILES string of the molecule is O=P(O)(O)CCCCCCCCCCCCCCCCCCCC(F)(F)C(F)(F)C(F)(F)F. The third-order valence-electron chi connectivity index (χ3n) is 5.76. The fourth-order valence-corrected chi connectivity index (χ4v) is 4.32. The lowest BCUT2D eigenvalue weighted by molar-refractivity contribution is -0.355. The maximum absolute atomic E-state index is 13.1. The predicted molar refractivity (Wildman–Crippen MR) is 116 cm³/mol. The Balaban J connectivity index is 3.42. The van der Waals surface area contributed by atoms with Crippen molar-refractivity contribution in [3.8, 4) is 0 Å². The monoisotopic (exact) mass is 516 g/mol. The van der Waals surface area contributed by atoms with Crippen LogP contribution in [0.2, 0.25) is 0 Å². The van der Waals surface area contributed by atoms with E-state index in [9.17, 15) is 35.3 Å². The second kappa shape index (κ2) is 16.4. The third-order valence-corrected chi connectivity index (χ3v) is 6.65. The van der Waals surface area contributed by atoms with Crippen LogP contribution in [0.25, 0.3) is 0 Å². The van der Waals surface area contributed by atoms with Gasteiger partial charge in [0.15, 0.2) is 0 Å². The van der Waals surface area contributed by atoms with Crippen molar-refractivity contribution >= 4 is 7.60 Å². The molecule has 0 aromatic heterocycles. The largest absolute Gasteiger partial charge is 0.459 e. The van der Waals surface area contributed by atoms with Gasteiger partial charge in [-0.15, -0.1) is 0 Å².